The van der Waals surface area contributed by atoms with Crippen molar-refractivity contribution in [3.63, 3.8) is 0 Å². The maximum absolute atomic E-state index is 11.6. The monoisotopic (exact) mass is 231 g/mol. The molecule has 1 aromatic carbocycles. The van der Waals surface area contributed by atoms with Crippen LogP contribution >= 0.6 is 0 Å². The van der Waals surface area contributed by atoms with Gasteiger partial charge < -0.3 is 10.4 Å². The molecule has 0 fully saturated rings. The van der Waals surface area contributed by atoms with Gasteiger partial charge in [0.2, 0.25) is 0 Å². The van der Waals surface area contributed by atoms with Crippen LogP contribution in [0.4, 0.5) is 0 Å². The lowest BCUT2D eigenvalue weighted by atomic mass is 10.2. The van der Waals surface area contributed by atoms with Crippen LogP contribution in [0.3, 0.4) is 0 Å². The maximum atomic E-state index is 11.6. The van der Waals surface area contributed by atoms with Crippen molar-refractivity contribution in [3.05, 3.63) is 60.2 Å². The third-order valence-corrected chi connectivity index (χ3v) is 1.88. The molecule has 0 unspecified atom stereocenters. The van der Waals surface area contributed by atoms with Crippen molar-refractivity contribution in [2.24, 2.45) is 0 Å². The number of carboxylic acid groups (broad SMARTS) is 1. The molecule has 4 nitrogen and oxygen atoms in total. The van der Waals surface area contributed by atoms with E-state index in [2.05, 4.69) is 5.32 Å². The van der Waals surface area contributed by atoms with Gasteiger partial charge in [0.25, 0.3) is 5.91 Å². The molecular formula is C13H13NO3. The first-order chi connectivity index (χ1) is 8.20. The van der Waals surface area contributed by atoms with E-state index in [1.54, 1.807) is 36.4 Å². The summed E-state index contributed by atoms with van der Waals surface area (Å²) in [6.07, 6.45) is 0. The van der Waals surface area contributed by atoms with Crippen molar-refractivity contribution in [2.45, 2.75) is 0 Å². The lowest BCUT2D eigenvalue weighted by Crippen LogP contribution is -2.28. The van der Waals surface area contributed by atoms with Gasteiger partial charge in [-0.2, -0.15) is 0 Å². The van der Waals surface area contributed by atoms with E-state index in [-0.39, 0.29) is 6.54 Å². The Hall–Kier alpha value is -2.36. The zero-order valence-electron chi connectivity index (χ0n) is 9.17. The smallest absolute Gasteiger partial charge is 0.322 e. The van der Waals surface area contributed by atoms with E-state index in [4.69, 9.17) is 5.11 Å². The van der Waals surface area contributed by atoms with Crippen LogP contribution in [0.15, 0.2) is 54.6 Å². The van der Waals surface area contributed by atoms with Crippen LogP contribution in [0.1, 0.15) is 10.4 Å². The quantitative estimate of drug-likeness (QED) is 0.830. The fourth-order valence-corrected chi connectivity index (χ4v) is 1.10. The molecule has 0 aliphatic heterocycles. The first-order valence-electron chi connectivity index (χ1n) is 5.08. The van der Waals surface area contributed by atoms with Crippen molar-refractivity contribution < 1.29 is 14.7 Å². The molecule has 4 heteroatoms. The molecule has 0 saturated heterocycles. The molecule has 0 aromatic heterocycles. The van der Waals surface area contributed by atoms with Crippen LogP contribution in [-0.2, 0) is 4.79 Å². The standard InChI is InChI=1S/C13H13NO3/c15-12(16)10-14-13(17)11-8-6-4-2-1-3-5-7-9-11/h1-9H,10H2,(H,14,17)(H,15,16). The molecule has 0 spiro atoms. The fourth-order valence-electron chi connectivity index (χ4n) is 1.10. The molecule has 1 rings (SSSR count). The number of carboxylic acids is 1. The highest BCUT2D eigenvalue weighted by molar-refractivity contribution is 5.95. The van der Waals surface area contributed by atoms with Crippen LogP contribution in [0.5, 0.6) is 0 Å². The fraction of sp³-hybridized carbons (Fsp3) is 0.0769. The second kappa shape index (κ2) is 7.00. The van der Waals surface area contributed by atoms with Gasteiger partial charge in [0.15, 0.2) is 0 Å². The summed E-state index contributed by atoms with van der Waals surface area (Å²) in [5, 5.41) is 10.8. The molecule has 17 heavy (non-hydrogen) atoms. The Morgan fingerprint density at radius 2 is 1.41 bits per heavy atom. The Labute approximate surface area is 99.2 Å². The molecule has 1 aromatic rings. The number of nitrogens with one attached hydrogen (secondary N) is 1. The number of rotatable bonds is 3. The molecule has 88 valence electrons. The summed E-state index contributed by atoms with van der Waals surface area (Å²) in [4.78, 5) is 21.9. The van der Waals surface area contributed by atoms with E-state index in [0.29, 0.717) is 5.56 Å². The average Bonchev–Trinajstić information content (AvgIpc) is 2.32. The minimum absolute atomic E-state index is 0.385. The Morgan fingerprint density at radius 3 is 1.88 bits per heavy atom. The second-order valence-electron chi connectivity index (χ2n) is 3.21. The van der Waals surface area contributed by atoms with Gasteiger partial charge in [-0.15, -0.1) is 0 Å². The van der Waals surface area contributed by atoms with Crippen molar-refractivity contribution in [2.75, 3.05) is 6.54 Å². The largest absolute Gasteiger partial charge is 0.480 e. The molecule has 2 N–H and O–H groups in total. The third kappa shape index (κ3) is 5.32. The molecule has 0 aliphatic carbocycles. The first kappa shape index (κ1) is 12.7. The number of hydrogen-bond acceptors (Lipinski definition) is 2. The molecule has 0 aliphatic rings. The molecule has 0 heterocycles. The Morgan fingerprint density at radius 1 is 0.941 bits per heavy atom. The zero-order chi connectivity index (χ0) is 12.5. The average molecular weight is 231 g/mol. The van der Waals surface area contributed by atoms with Crippen molar-refractivity contribution in [1.29, 1.82) is 0 Å². The normalized spacial score (nSPS) is 8.94. The van der Waals surface area contributed by atoms with E-state index >= 15 is 0 Å². The first-order valence-corrected chi connectivity index (χ1v) is 5.08. The van der Waals surface area contributed by atoms with E-state index in [1.165, 1.54) is 0 Å². The Kier molecular flexibility index (Phi) is 5.24. The predicted molar refractivity (Wildman–Crippen MR) is 64.0 cm³/mol. The Bertz CT molecular complexity index is 431. The lowest BCUT2D eigenvalue weighted by Gasteiger charge is -1.99. The van der Waals surface area contributed by atoms with Crippen molar-refractivity contribution in [1.82, 2.24) is 5.32 Å². The topological polar surface area (TPSA) is 66.4 Å². The number of aliphatic carboxylic acids is 1. The lowest BCUT2D eigenvalue weighted by molar-refractivity contribution is -0.135. The second-order valence-corrected chi connectivity index (χ2v) is 3.21. The summed E-state index contributed by atoms with van der Waals surface area (Å²) in [5.41, 5.74) is 0.405. The maximum Gasteiger partial charge on any atom is 0.322 e. The summed E-state index contributed by atoms with van der Waals surface area (Å²) in [6.45, 7) is -0.385. The van der Waals surface area contributed by atoms with Gasteiger partial charge in [0.05, 0.1) is 0 Å². The van der Waals surface area contributed by atoms with Gasteiger partial charge in [0, 0.05) is 5.56 Å². The zero-order valence-corrected chi connectivity index (χ0v) is 9.17. The van der Waals surface area contributed by atoms with Crippen molar-refractivity contribution in [3.8, 4) is 0 Å². The van der Waals surface area contributed by atoms with Crippen molar-refractivity contribution >= 4 is 11.9 Å². The molecule has 0 bridgehead atoms. The van der Waals surface area contributed by atoms with Crippen LogP contribution < -0.4 is 5.32 Å². The minimum atomic E-state index is -1.07. The van der Waals surface area contributed by atoms with E-state index in [9.17, 15) is 9.59 Å². The van der Waals surface area contributed by atoms with E-state index in [0.717, 1.165) is 0 Å². The van der Waals surface area contributed by atoms with E-state index < -0.39 is 11.9 Å². The van der Waals surface area contributed by atoms with Gasteiger partial charge >= 0.3 is 5.97 Å². The molecule has 0 saturated carbocycles. The van der Waals surface area contributed by atoms with Crippen LogP contribution in [0.25, 0.3) is 0 Å². The number of carbonyl (C=O) groups excluding carboxylic acids is 1. The summed E-state index contributed by atoms with van der Waals surface area (Å²) in [7, 11) is 0. The number of hydrogen-bond donors (Lipinski definition) is 2. The highest BCUT2D eigenvalue weighted by Crippen LogP contribution is 1.94. The SMILES string of the molecule is O=C(O)CNC(=O)c1ccccccccc1. The summed E-state index contributed by atoms with van der Waals surface area (Å²) in [6, 6.07) is 15.8. The minimum Gasteiger partial charge on any atom is -0.480 e. The summed E-state index contributed by atoms with van der Waals surface area (Å²) >= 11 is 0. The van der Waals surface area contributed by atoms with Gasteiger partial charge in [0.1, 0.15) is 6.54 Å². The highest BCUT2D eigenvalue weighted by Gasteiger charge is 2.04. The van der Waals surface area contributed by atoms with Gasteiger partial charge in [-0.25, -0.2) is 0 Å². The molecule has 0 radical (unpaired) electrons. The van der Waals surface area contributed by atoms with E-state index in [1.807, 2.05) is 18.2 Å². The molecular weight excluding hydrogens is 218 g/mol. The van der Waals surface area contributed by atoms with Crippen LogP contribution in [0, 0.1) is 0 Å². The third-order valence-electron chi connectivity index (χ3n) is 1.88. The van der Waals surface area contributed by atoms with Gasteiger partial charge in [-0.3, -0.25) is 9.59 Å². The Balaban J connectivity index is 2.89. The van der Waals surface area contributed by atoms with Gasteiger partial charge in [-0.05, 0) is 12.1 Å². The summed E-state index contributed by atoms with van der Waals surface area (Å²) in [5.74, 6) is -1.48. The predicted octanol–water partition coefficient (Wildman–Crippen LogP) is 1.63. The molecule has 1 amide bonds. The number of carbonyl (C=O) groups is 2. The molecule has 0 atom stereocenters. The number of amides is 1. The van der Waals surface area contributed by atoms with Gasteiger partial charge in [-0.1, -0.05) is 42.5 Å². The highest BCUT2D eigenvalue weighted by atomic mass is 16.4. The van der Waals surface area contributed by atoms with Crippen LogP contribution in [-0.4, -0.2) is 23.5 Å². The van der Waals surface area contributed by atoms with Crippen LogP contribution in [0.2, 0.25) is 0 Å². The summed E-state index contributed by atoms with van der Waals surface area (Å²) < 4.78 is 0.